The van der Waals surface area contributed by atoms with Crippen LogP contribution < -0.4 is 0 Å². The molecule has 1 amide bonds. The lowest BCUT2D eigenvalue weighted by Gasteiger charge is -2.32. The van der Waals surface area contributed by atoms with Crippen molar-refractivity contribution in [2.45, 2.75) is 45.8 Å². The van der Waals surface area contributed by atoms with E-state index in [9.17, 15) is 9.59 Å². The fraction of sp³-hybridized carbons (Fsp3) is 0.667. The Morgan fingerprint density at radius 2 is 2.23 bits per heavy atom. The molecule has 0 saturated carbocycles. The van der Waals surface area contributed by atoms with Gasteiger partial charge in [0.05, 0.1) is 30.4 Å². The van der Waals surface area contributed by atoms with Crippen LogP contribution in [0.25, 0.3) is 0 Å². The average molecular weight is 309 g/mol. The van der Waals surface area contributed by atoms with Crippen molar-refractivity contribution in [2.24, 2.45) is 0 Å². The summed E-state index contributed by atoms with van der Waals surface area (Å²) in [6.45, 7) is 7.84. The maximum atomic E-state index is 12.8. The Kier molecular flexibility index (Phi) is 5.18. The Hall–Kier alpha value is -1.89. The molecule has 1 saturated heterocycles. The molecule has 7 heteroatoms. The Labute approximate surface area is 129 Å². The topological polar surface area (TPSA) is 84.7 Å². The molecule has 1 N–H and O–H groups in total. The highest BCUT2D eigenvalue weighted by atomic mass is 16.5. The highest BCUT2D eigenvalue weighted by Gasteiger charge is 2.29. The predicted molar refractivity (Wildman–Crippen MR) is 79.9 cm³/mol. The van der Waals surface area contributed by atoms with E-state index in [4.69, 9.17) is 9.84 Å². The van der Waals surface area contributed by atoms with Crippen LogP contribution in [0.3, 0.4) is 0 Å². The SMILES string of the molecule is CCn1cc(C(=O)N2CCO[C@H](CC(=O)O)C2)c(C(C)C)n1. The van der Waals surface area contributed by atoms with Crippen molar-refractivity contribution in [3.63, 3.8) is 0 Å². The Balaban J connectivity index is 2.16. The number of carbonyl (C=O) groups is 2. The number of morpholine rings is 1. The number of nitrogens with zero attached hydrogens (tertiary/aromatic N) is 3. The molecule has 22 heavy (non-hydrogen) atoms. The molecule has 1 aromatic heterocycles. The third kappa shape index (κ3) is 3.65. The maximum Gasteiger partial charge on any atom is 0.306 e. The summed E-state index contributed by atoms with van der Waals surface area (Å²) >= 11 is 0. The maximum absolute atomic E-state index is 12.8. The van der Waals surface area contributed by atoms with E-state index in [0.717, 1.165) is 5.69 Å². The standard InChI is InChI=1S/C15H23N3O4/c1-4-18-9-12(14(16-18)10(2)3)15(21)17-5-6-22-11(8-17)7-13(19)20/h9-11H,4-8H2,1-3H3,(H,19,20)/t11-/m1/s1. The van der Waals surface area contributed by atoms with Gasteiger partial charge in [0.15, 0.2) is 0 Å². The number of hydrogen-bond acceptors (Lipinski definition) is 4. The lowest BCUT2D eigenvalue weighted by Crippen LogP contribution is -2.46. The van der Waals surface area contributed by atoms with Crippen LogP contribution >= 0.6 is 0 Å². The third-order valence-corrected chi connectivity index (χ3v) is 3.72. The van der Waals surface area contributed by atoms with Gasteiger partial charge in [-0.1, -0.05) is 13.8 Å². The molecule has 0 bridgehead atoms. The van der Waals surface area contributed by atoms with Gasteiger partial charge in [0.1, 0.15) is 0 Å². The summed E-state index contributed by atoms with van der Waals surface area (Å²) in [6.07, 6.45) is 1.24. The number of ether oxygens (including phenoxy) is 1. The Morgan fingerprint density at radius 3 is 2.82 bits per heavy atom. The molecule has 122 valence electrons. The van der Waals surface area contributed by atoms with Crippen LogP contribution in [0.4, 0.5) is 0 Å². The Bertz CT molecular complexity index is 553. The molecule has 1 aliphatic heterocycles. The zero-order valence-electron chi connectivity index (χ0n) is 13.3. The van der Waals surface area contributed by atoms with Crippen LogP contribution in [0, 0.1) is 0 Å². The number of aromatic nitrogens is 2. The number of amides is 1. The lowest BCUT2D eigenvalue weighted by atomic mass is 10.0. The molecule has 2 heterocycles. The average Bonchev–Trinajstić information content (AvgIpc) is 2.90. The van der Waals surface area contributed by atoms with Crippen molar-refractivity contribution in [1.29, 1.82) is 0 Å². The second kappa shape index (κ2) is 6.91. The first-order valence-corrected chi connectivity index (χ1v) is 7.62. The molecule has 1 aromatic rings. The number of carbonyl (C=O) groups excluding carboxylic acids is 1. The van der Waals surface area contributed by atoms with Gasteiger partial charge in [-0.2, -0.15) is 5.10 Å². The van der Waals surface area contributed by atoms with Crippen molar-refractivity contribution in [3.05, 3.63) is 17.5 Å². The highest BCUT2D eigenvalue weighted by Crippen LogP contribution is 2.21. The minimum atomic E-state index is -0.916. The van der Waals surface area contributed by atoms with E-state index in [2.05, 4.69) is 5.10 Å². The van der Waals surface area contributed by atoms with Crippen LogP contribution in [-0.4, -0.2) is 57.5 Å². The highest BCUT2D eigenvalue weighted by molar-refractivity contribution is 5.95. The summed E-state index contributed by atoms with van der Waals surface area (Å²) in [5, 5.41) is 13.3. The molecule has 2 rings (SSSR count). The van der Waals surface area contributed by atoms with E-state index in [1.807, 2.05) is 20.8 Å². The second-order valence-electron chi connectivity index (χ2n) is 5.78. The molecule has 0 radical (unpaired) electrons. The van der Waals surface area contributed by atoms with Crippen LogP contribution in [0.15, 0.2) is 6.20 Å². The van der Waals surface area contributed by atoms with Gasteiger partial charge in [-0.15, -0.1) is 0 Å². The van der Waals surface area contributed by atoms with Crippen molar-refractivity contribution in [3.8, 4) is 0 Å². The van der Waals surface area contributed by atoms with Gasteiger partial charge < -0.3 is 14.7 Å². The minimum Gasteiger partial charge on any atom is -0.481 e. The second-order valence-corrected chi connectivity index (χ2v) is 5.78. The quantitative estimate of drug-likeness (QED) is 0.887. The van der Waals surface area contributed by atoms with E-state index in [0.29, 0.717) is 31.8 Å². The lowest BCUT2D eigenvalue weighted by molar-refractivity contribution is -0.141. The first kappa shape index (κ1) is 16.5. The largest absolute Gasteiger partial charge is 0.481 e. The molecule has 0 unspecified atom stereocenters. The van der Waals surface area contributed by atoms with Gasteiger partial charge in [0.2, 0.25) is 0 Å². The van der Waals surface area contributed by atoms with Gasteiger partial charge in [-0.05, 0) is 12.8 Å². The molecular formula is C15H23N3O4. The summed E-state index contributed by atoms with van der Waals surface area (Å²) < 4.78 is 7.18. The Morgan fingerprint density at radius 1 is 1.50 bits per heavy atom. The predicted octanol–water partition coefficient (Wildman–Crippen LogP) is 1.34. The van der Waals surface area contributed by atoms with Crippen LogP contribution in [-0.2, 0) is 16.1 Å². The number of carboxylic acid groups (broad SMARTS) is 1. The summed E-state index contributed by atoms with van der Waals surface area (Å²) in [5.74, 6) is -0.856. The van der Waals surface area contributed by atoms with Gasteiger partial charge in [0.25, 0.3) is 5.91 Å². The smallest absolute Gasteiger partial charge is 0.306 e. The zero-order chi connectivity index (χ0) is 16.3. The molecule has 1 atom stereocenters. The van der Waals surface area contributed by atoms with Crippen LogP contribution in [0.5, 0.6) is 0 Å². The van der Waals surface area contributed by atoms with Gasteiger partial charge in [-0.3, -0.25) is 14.3 Å². The summed E-state index contributed by atoms with van der Waals surface area (Å²) in [5.41, 5.74) is 1.39. The van der Waals surface area contributed by atoms with Gasteiger partial charge >= 0.3 is 5.97 Å². The zero-order valence-corrected chi connectivity index (χ0v) is 13.3. The van der Waals surface area contributed by atoms with Crippen molar-refractivity contribution in [2.75, 3.05) is 19.7 Å². The fourth-order valence-corrected chi connectivity index (χ4v) is 2.58. The summed E-state index contributed by atoms with van der Waals surface area (Å²) in [6, 6.07) is 0. The van der Waals surface area contributed by atoms with Crippen molar-refractivity contribution >= 4 is 11.9 Å². The van der Waals surface area contributed by atoms with E-state index >= 15 is 0 Å². The van der Waals surface area contributed by atoms with Crippen LogP contribution in [0.1, 0.15) is 49.2 Å². The van der Waals surface area contributed by atoms with E-state index in [1.165, 1.54) is 0 Å². The monoisotopic (exact) mass is 309 g/mol. The summed E-state index contributed by atoms with van der Waals surface area (Å²) in [4.78, 5) is 25.2. The van der Waals surface area contributed by atoms with Crippen molar-refractivity contribution < 1.29 is 19.4 Å². The first-order valence-electron chi connectivity index (χ1n) is 7.62. The number of carboxylic acids is 1. The van der Waals surface area contributed by atoms with E-state index < -0.39 is 12.1 Å². The van der Waals surface area contributed by atoms with E-state index in [1.54, 1.807) is 15.8 Å². The normalized spacial score (nSPS) is 18.7. The molecule has 1 aliphatic rings. The number of aryl methyl sites for hydroxylation is 1. The molecule has 0 aliphatic carbocycles. The summed E-state index contributed by atoms with van der Waals surface area (Å²) in [7, 11) is 0. The molecule has 0 aromatic carbocycles. The first-order chi connectivity index (χ1) is 10.4. The molecule has 0 spiro atoms. The van der Waals surface area contributed by atoms with Gasteiger partial charge in [-0.25, -0.2) is 0 Å². The van der Waals surface area contributed by atoms with E-state index in [-0.39, 0.29) is 18.2 Å². The third-order valence-electron chi connectivity index (χ3n) is 3.72. The number of aliphatic carboxylic acids is 1. The molecule has 7 nitrogen and oxygen atoms in total. The van der Waals surface area contributed by atoms with Gasteiger partial charge in [0, 0.05) is 25.8 Å². The number of rotatable bonds is 5. The fourth-order valence-electron chi connectivity index (χ4n) is 2.58. The number of hydrogen-bond donors (Lipinski definition) is 1. The van der Waals surface area contributed by atoms with Crippen LogP contribution in [0.2, 0.25) is 0 Å². The molecular weight excluding hydrogens is 286 g/mol. The molecule has 1 fully saturated rings. The van der Waals surface area contributed by atoms with Crippen molar-refractivity contribution in [1.82, 2.24) is 14.7 Å². The minimum absolute atomic E-state index is 0.0883.